The second-order valence-electron chi connectivity index (χ2n) is 4.92. The lowest BCUT2D eigenvalue weighted by molar-refractivity contribution is -0.385. The van der Waals surface area contributed by atoms with Gasteiger partial charge in [0.25, 0.3) is 0 Å². The van der Waals surface area contributed by atoms with E-state index >= 15 is 0 Å². The third kappa shape index (κ3) is 3.10. The van der Waals surface area contributed by atoms with Crippen LogP contribution in [0.25, 0.3) is 0 Å². The maximum atomic E-state index is 11.2. The number of nitrogens with one attached hydrogen (secondary N) is 1. The maximum Gasteiger partial charge on any atom is 0.332 e. The van der Waals surface area contributed by atoms with Crippen LogP contribution in [-0.4, -0.2) is 35.0 Å². The van der Waals surface area contributed by atoms with Crippen molar-refractivity contribution in [3.63, 3.8) is 0 Å². The first-order valence-corrected chi connectivity index (χ1v) is 6.51. The Bertz CT molecular complexity index is 487. The molecule has 0 atom stereocenters. The van der Waals surface area contributed by atoms with E-state index in [0.717, 1.165) is 6.54 Å². The molecule has 0 aliphatic heterocycles. The molecule has 2 rings (SSSR count). The minimum Gasteiger partial charge on any atom is -0.354 e. The van der Waals surface area contributed by atoms with Crippen LogP contribution in [0.1, 0.15) is 25.5 Å². The third-order valence-corrected chi connectivity index (χ3v) is 3.15. The summed E-state index contributed by atoms with van der Waals surface area (Å²) < 4.78 is 0. The van der Waals surface area contributed by atoms with Crippen molar-refractivity contribution in [3.05, 3.63) is 15.8 Å². The van der Waals surface area contributed by atoms with Crippen LogP contribution in [0.3, 0.4) is 0 Å². The molecule has 0 saturated heterocycles. The highest BCUT2D eigenvalue weighted by Gasteiger charge is 2.29. The van der Waals surface area contributed by atoms with Crippen LogP contribution in [0, 0.1) is 23.0 Å². The number of hydrogen-bond donors (Lipinski definition) is 1. The Morgan fingerprint density at radius 2 is 2.16 bits per heavy atom. The first kappa shape index (κ1) is 13.5. The quantitative estimate of drug-likeness (QED) is 0.625. The zero-order valence-electron chi connectivity index (χ0n) is 11.5. The lowest BCUT2D eigenvalue weighted by atomic mass is 10.3. The lowest BCUT2D eigenvalue weighted by Crippen LogP contribution is -2.23. The zero-order chi connectivity index (χ0) is 14.0. The van der Waals surface area contributed by atoms with E-state index in [1.54, 1.807) is 6.92 Å². The number of anilines is 2. The van der Waals surface area contributed by atoms with Gasteiger partial charge >= 0.3 is 5.69 Å². The van der Waals surface area contributed by atoms with E-state index in [4.69, 9.17) is 0 Å². The minimum atomic E-state index is -0.399. The summed E-state index contributed by atoms with van der Waals surface area (Å²) in [5.41, 5.74) is 0.401. The van der Waals surface area contributed by atoms with Gasteiger partial charge in [0.1, 0.15) is 5.69 Å². The minimum absolute atomic E-state index is 0.00445. The van der Waals surface area contributed by atoms with Crippen molar-refractivity contribution in [1.82, 2.24) is 9.97 Å². The van der Waals surface area contributed by atoms with Crippen molar-refractivity contribution in [3.8, 4) is 0 Å². The Morgan fingerprint density at radius 3 is 2.68 bits per heavy atom. The topological polar surface area (TPSA) is 84.2 Å². The average molecular weight is 265 g/mol. The monoisotopic (exact) mass is 265 g/mol. The van der Waals surface area contributed by atoms with Gasteiger partial charge in [0.2, 0.25) is 11.8 Å². The van der Waals surface area contributed by atoms with E-state index in [0.29, 0.717) is 29.9 Å². The molecule has 0 amide bonds. The fraction of sp³-hybridized carbons (Fsp3) is 0.667. The van der Waals surface area contributed by atoms with Crippen molar-refractivity contribution < 1.29 is 4.92 Å². The molecule has 1 aliphatic carbocycles. The molecule has 1 saturated carbocycles. The molecule has 0 bridgehead atoms. The molecule has 0 aromatic carbocycles. The van der Waals surface area contributed by atoms with Crippen LogP contribution < -0.4 is 10.2 Å². The molecule has 7 nitrogen and oxygen atoms in total. The Labute approximate surface area is 112 Å². The second kappa shape index (κ2) is 5.38. The average Bonchev–Trinajstić information content (AvgIpc) is 3.11. The highest BCUT2D eigenvalue weighted by atomic mass is 16.6. The third-order valence-electron chi connectivity index (χ3n) is 3.15. The summed E-state index contributed by atoms with van der Waals surface area (Å²) in [5, 5.41) is 14.2. The van der Waals surface area contributed by atoms with Gasteiger partial charge in [-0.3, -0.25) is 10.1 Å². The molecular formula is C12H19N5O2. The largest absolute Gasteiger partial charge is 0.354 e. The highest BCUT2D eigenvalue weighted by molar-refractivity contribution is 5.62. The smallest absolute Gasteiger partial charge is 0.332 e. The molecule has 1 fully saturated rings. The van der Waals surface area contributed by atoms with E-state index in [-0.39, 0.29) is 5.69 Å². The molecule has 0 spiro atoms. The van der Waals surface area contributed by atoms with Gasteiger partial charge in [0.15, 0.2) is 0 Å². The number of aromatic nitrogens is 2. The number of nitro groups is 1. The molecule has 0 unspecified atom stereocenters. The Kier molecular flexibility index (Phi) is 3.82. The van der Waals surface area contributed by atoms with Crippen molar-refractivity contribution in [1.29, 1.82) is 0 Å². The molecule has 1 aromatic heterocycles. The molecule has 19 heavy (non-hydrogen) atoms. The fourth-order valence-corrected chi connectivity index (χ4v) is 2.04. The first-order valence-electron chi connectivity index (χ1n) is 6.51. The van der Waals surface area contributed by atoms with Crippen molar-refractivity contribution >= 4 is 17.5 Å². The summed E-state index contributed by atoms with van der Waals surface area (Å²) >= 11 is 0. The van der Waals surface area contributed by atoms with Gasteiger partial charge in [-0.25, -0.2) is 4.98 Å². The van der Waals surface area contributed by atoms with Crippen LogP contribution >= 0.6 is 0 Å². The summed E-state index contributed by atoms with van der Waals surface area (Å²) in [6.45, 7) is 5.08. The molecule has 7 heteroatoms. The fourth-order valence-electron chi connectivity index (χ4n) is 2.04. The summed E-state index contributed by atoms with van der Waals surface area (Å²) in [6.07, 6.45) is 2.39. The summed E-state index contributed by atoms with van der Waals surface area (Å²) in [4.78, 5) is 21.1. The number of rotatable bonds is 6. The zero-order valence-corrected chi connectivity index (χ0v) is 11.5. The van der Waals surface area contributed by atoms with E-state index in [2.05, 4.69) is 15.3 Å². The molecule has 1 heterocycles. The van der Waals surface area contributed by atoms with Crippen LogP contribution in [0.2, 0.25) is 0 Å². The molecular weight excluding hydrogens is 246 g/mol. The lowest BCUT2D eigenvalue weighted by Gasteiger charge is -2.19. The number of aryl methyl sites for hydroxylation is 1. The molecule has 104 valence electrons. The van der Waals surface area contributed by atoms with Crippen LogP contribution in [-0.2, 0) is 0 Å². The Morgan fingerprint density at radius 1 is 1.47 bits per heavy atom. The maximum absolute atomic E-state index is 11.2. The van der Waals surface area contributed by atoms with Crippen molar-refractivity contribution in [2.24, 2.45) is 5.92 Å². The van der Waals surface area contributed by atoms with Gasteiger partial charge in [-0.1, -0.05) is 0 Å². The summed E-state index contributed by atoms with van der Waals surface area (Å²) in [7, 11) is 1.85. The SMILES string of the molecule is CCNc1nc(C)c([N+](=O)[O-])c(N(C)CC2CC2)n1. The van der Waals surface area contributed by atoms with Gasteiger partial charge in [-0.2, -0.15) is 4.98 Å². The summed E-state index contributed by atoms with van der Waals surface area (Å²) in [5.74, 6) is 1.49. The summed E-state index contributed by atoms with van der Waals surface area (Å²) in [6, 6.07) is 0. The van der Waals surface area contributed by atoms with Gasteiger partial charge in [-0.15, -0.1) is 0 Å². The van der Waals surface area contributed by atoms with E-state index in [9.17, 15) is 10.1 Å². The predicted molar refractivity (Wildman–Crippen MR) is 73.6 cm³/mol. The van der Waals surface area contributed by atoms with Gasteiger partial charge in [0.05, 0.1) is 4.92 Å². The predicted octanol–water partition coefficient (Wildman–Crippen LogP) is 1.97. The molecule has 1 N–H and O–H groups in total. The van der Waals surface area contributed by atoms with Gasteiger partial charge in [-0.05, 0) is 32.6 Å². The van der Waals surface area contributed by atoms with Crippen LogP contribution in [0.15, 0.2) is 0 Å². The highest BCUT2D eigenvalue weighted by Crippen LogP contribution is 2.34. The van der Waals surface area contributed by atoms with E-state index in [1.807, 2.05) is 18.9 Å². The first-order chi connectivity index (χ1) is 9.02. The number of hydrogen-bond acceptors (Lipinski definition) is 6. The van der Waals surface area contributed by atoms with Crippen LogP contribution in [0.5, 0.6) is 0 Å². The van der Waals surface area contributed by atoms with Gasteiger partial charge < -0.3 is 10.2 Å². The standard InChI is InChI=1S/C12H19N5O2/c1-4-13-12-14-8(2)10(17(18)19)11(15-12)16(3)7-9-5-6-9/h9H,4-7H2,1-3H3,(H,13,14,15). The van der Waals surface area contributed by atoms with Crippen molar-refractivity contribution in [2.75, 3.05) is 30.4 Å². The van der Waals surface area contributed by atoms with E-state index < -0.39 is 4.92 Å². The molecule has 1 aromatic rings. The molecule has 0 radical (unpaired) electrons. The second-order valence-corrected chi connectivity index (χ2v) is 4.92. The van der Waals surface area contributed by atoms with Crippen LogP contribution in [0.4, 0.5) is 17.5 Å². The number of nitrogens with zero attached hydrogens (tertiary/aromatic N) is 4. The van der Waals surface area contributed by atoms with Crippen molar-refractivity contribution in [2.45, 2.75) is 26.7 Å². The van der Waals surface area contributed by atoms with E-state index in [1.165, 1.54) is 12.8 Å². The Balaban J connectivity index is 2.37. The Hall–Kier alpha value is -1.92. The molecule has 1 aliphatic rings. The van der Waals surface area contributed by atoms with Gasteiger partial charge in [0, 0.05) is 20.1 Å². The normalized spacial score (nSPS) is 14.3.